The highest BCUT2D eigenvalue weighted by atomic mass is 16.5. The average Bonchev–Trinajstić information content (AvgIpc) is 3.20. The quantitative estimate of drug-likeness (QED) is 0.726. The number of urea groups is 1. The topological polar surface area (TPSA) is 127 Å². The third kappa shape index (κ3) is 4.05. The first-order valence-corrected chi connectivity index (χ1v) is 7.18. The smallest absolute Gasteiger partial charge is 0.320 e. The molecule has 2 aromatic heterocycles. The van der Waals surface area contributed by atoms with Gasteiger partial charge in [-0.1, -0.05) is 12.1 Å². The standard InChI is InChI=1S/C13H19N7O3/c1-4-8(2)20-9(5-6-16-20)17-13(22)15-7-10-18-11(19-23-10)12(21)14-3/h5-6,8H,4,7H2,1-3H3,(H,14,21)(H2,15,17,22). The molecule has 0 saturated carbocycles. The minimum absolute atomic E-state index is 0.00724. The van der Waals surface area contributed by atoms with Crippen molar-refractivity contribution >= 4 is 17.8 Å². The van der Waals surface area contributed by atoms with Gasteiger partial charge in [0.25, 0.3) is 11.7 Å². The van der Waals surface area contributed by atoms with Gasteiger partial charge in [-0.15, -0.1) is 0 Å². The Balaban J connectivity index is 1.89. The number of rotatable bonds is 6. The summed E-state index contributed by atoms with van der Waals surface area (Å²) in [5, 5.41) is 15.3. The second-order valence-electron chi connectivity index (χ2n) is 4.82. The summed E-state index contributed by atoms with van der Waals surface area (Å²) in [6.07, 6.45) is 2.51. The molecule has 0 saturated heterocycles. The van der Waals surface area contributed by atoms with Crippen LogP contribution in [0.3, 0.4) is 0 Å². The van der Waals surface area contributed by atoms with E-state index in [1.165, 1.54) is 7.05 Å². The molecule has 0 fully saturated rings. The molecule has 2 heterocycles. The summed E-state index contributed by atoms with van der Waals surface area (Å²) in [4.78, 5) is 27.1. The van der Waals surface area contributed by atoms with Crippen LogP contribution in [0.25, 0.3) is 0 Å². The average molecular weight is 321 g/mol. The van der Waals surface area contributed by atoms with Gasteiger partial charge in [0, 0.05) is 13.1 Å². The van der Waals surface area contributed by atoms with Gasteiger partial charge in [-0.05, 0) is 13.3 Å². The Morgan fingerprint density at radius 2 is 2.22 bits per heavy atom. The van der Waals surface area contributed by atoms with Crippen molar-refractivity contribution in [2.24, 2.45) is 0 Å². The van der Waals surface area contributed by atoms with Crippen molar-refractivity contribution in [3.63, 3.8) is 0 Å². The normalized spacial score (nSPS) is 11.8. The van der Waals surface area contributed by atoms with Gasteiger partial charge in [0.2, 0.25) is 5.89 Å². The Morgan fingerprint density at radius 3 is 2.91 bits per heavy atom. The van der Waals surface area contributed by atoms with Gasteiger partial charge >= 0.3 is 6.03 Å². The van der Waals surface area contributed by atoms with E-state index in [1.54, 1.807) is 16.9 Å². The summed E-state index contributed by atoms with van der Waals surface area (Å²) in [6, 6.07) is 1.45. The maximum Gasteiger partial charge on any atom is 0.320 e. The molecular formula is C13H19N7O3. The van der Waals surface area contributed by atoms with E-state index in [-0.39, 0.29) is 24.3 Å². The fourth-order valence-corrected chi connectivity index (χ4v) is 1.78. The number of nitrogens with zero attached hydrogens (tertiary/aromatic N) is 4. The van der Waals surface area contributed by atoms with Crippen LogP contribution < -0.4 is 16.0 Å². The molecule has 2 rings (SSSR count). The second kappa shape index (κ2) is 7.38. The number of nitrogens with one attached hydrogen (secondary N) is 3. The zero-order valence-electron chi connectivity index (χ0n) is 13.2. The zero-order valence-corrected chi connectivity index (χ0v) is 13.2. The van der Waals surface area contributed by atoms with Crippen molar-refractivity contribution in [1.82, 2.24) is 30.6 Å². The van der Waals surface area contributed by atoms with Gasteiger partial charge in [0.15, 0.2) is 0 Å². The van der Waals surface area contributed by atoms with Crippen LogP contribution in [0.5, 0.6) is 0 Å². The molecule has 10 heteroatoms. The molecule has 1 unspecified atom stereocenters. The van der Waals surface area contributed by atoms with E-state index in [2.05, 4.69) is 31.2 Å². The first-order valence-electron chi connectivity index (χ1n) is 7.18. The van der Waals surface area contributed by atoms with Crippen molar-refractivity contribution < 1.29 is 14.1 Å². The Bertz CT molecular complexity index is 679. The van der Waals surface area contributed by atoms with Crippen molar-refractivity contribution in [3.05, 3.63) is 24.0 Å². The van der Waals surface area contributed by atoms with E-state index < -0.39 is 11.9 Å². The molecule has 0 aliphatic rings. The minimum Gasteiger partial charge on any atom is -0.352 e. The first kappa shape index (κ1) is 16.5. The van der Waals surface area contributed by atoms with Crippen LogP contribution in [0, 0.1) is 0 Å². The molecule has 124 valence electrons. The summed E-state index contributed by atoms with van der Waals surface area (Å²) in [7, 11) is 1.46. The second-order valence-corrected chi connectivity index (χ2v) is 4.82. The van der Waals surface area contributed by atoms with E-state index in [1.807, 2.05) is 13.8 Å². The van der Waals surface area contributed by atoms with E-state index in [0.717, 1.165) is 6.42 Å². The number of anilines is 1. The van der Waals surface area contributed by atoms with Crippen LogP contribution in [0.4, 0.5) is 10.6 Å². The summed E-state index contributed by atoms with van der Waals surface area (Å²) < 4.78 is 6.60. The number of carbonyl (C=O) groups excluding carboxylic acids is 2. The van der Waals surface area contributed by atoms with Gasteiger partial charge in [-0.2, -0.15) is 10.1 Å². The predicted molar refractivity (Wildman–Crippen MR) is 80.8 cm³/mol. The Morgan fingerprint density at radius 1 is 1.43 bits per heavy atom. The SMILES string of the molecule is CCC(C)n1nccc1NC(=O)NCc1nc(C(=O)NC)no1. The lowest BCUT2D eigenvalue weighted by Gasteiger charge is -2.14. The van der Waals surface area contributed by atoms with Gasteiger partial charge < -0.3 is 15.2 Å². The highest BCUT2D eigenvalue weighted by Crippen LogP contribution is 2.16. The minimum atomic E-state index is -0.457. The van der Waals surface area contributed by atoms with Gasteiger partial charge in [-0.25, -0.2) is 9.48 Å². The van der Waals surface area contributed by atoms with E-state index in [4.69, 9.17) is 4.52 Å². The third-order valence-corrected chi connectivity index (χ3v) is 3.22. The Kier molecular flexibility index (Phi) is 5.28. The maximum absolute atomic E-state index is 11.9. The molecule has 10 nitrogen and oxygen atoms in total. The number of hydrogen-bond donors (Lipinski definition) is 3. The number of carbonyl (C=O) groups is 2. The van der Waals surface area contributed by atoms with Crippen LogP contribution in [0.1, 0.15) is 42.8 Å². The third-order valence-electron chi connectivity index (χ3n) is 3.22. The molecule has 0 spiro atoms. The fraction of sp³-hybridized carbons (Fsp3) is 0.462. The lowest BCUT2D eigenvalue weighted by Crippen LogP contribution is -2.29. The summed E-state index contributed by atoms with van der Waals surface area (Å²) in [5.74, 6) is 0.184. The van der Waals surface area contributed by atoms with Crippen LogP contribution in [0.15, 0.2) is 16.8 Å². The largest absolute Gasteiger partial charge is 0.352 e. The van der Waals surface area contributed by atoms with Crippen molar-refractivity contribution in [2.75, 3.05) is 12.4 Å². The lowest BCUT2D eigenvalue weighted by molar-refractivity contribution is 0.0950. The van der Waals surface area contributed by atoms with Crippen LogP contribution >= 0.6 is 0 Å². The Hall–Kier alpha value is -2.91. The molecule has 1 atom stereocenters. The summed E-state index contributed by atoms with van der Waals surface area (Å²) >= 11 is 0. The molecule has 2 aromatic rings. The van der Waals surface area contributed by atoms with Crippen molar-refractivity contribution in [1.29, 1.82) is 0 Å². The van der Waals surface area contributed by atoms with Crippen LogP contribution in [-0.4, -0.2) is 38.9 Å². The summed E-state index contributed by atoms with van der Waals surface area (Å²) in [5.41, 5.74) is 0. The van der Waals surface area contributed by atoms with E-state index in [0.29, 0.717) is 5.82 Å². The predicted octanol–water partition coefficient (Wildman–Crippen LogP) is 0.918. The molecule has 0 aliphatic carbocycles. The number of amides is 3. The van der Waals surface area contributed by atoms with E-state index in [9.17, 15) is 9.59 Å². The fourth-order valence-electron chi connectivity index (χ4n) is 1.78. The molecule has 3 N–H and O–H groups in total. The molecule has 3 amide bonds. The monoisotopic (exact) mass is 321 g/mol. The maximum atomic E-state index is 11.9. The highest BCUT2D eigenvalue weighted by Gasteiger charge is 2.14. The van der Waals surface area contributed by atoms with E-state index >= 15 is 0 Å². The highest BCUT2D eigenvalue weighted by molar-refractivity contribution is 5.90. The number of aromatic nitrogens is 4. The van der Waals surface area contributed by atoms with Crippen molar-refractivity contribution in [3.8, 4) is 0 Å². The van der Waals surface area contributed by atoms with Gasteiger partial charge in [0.05, 0.1) is 18.8 Å². The van der Waals surface area contributed by atoms with Crippen LogP contribution in [0.2, 0.25) is 0 Å². The first-order chi connectivity index (χ1) is 11.0. The Labute approximate surface area is 132 Å². The zero-order chi connectivity index (χ0) is 16.8. The summed E-state index contributed by atoms with van der Waals surface area (Å²) in [6.45, 7) is 4.05. The van der Waals surface area contributed by atoms with Crippen molar-refractivity contribution in [2.45, 2.75) is 32.9 Å². The van der Waals surface area contributed by atoms with Gasteiger partial charge in [-0.3, -0.25) is 10.1 Å². The molecule has 0 bridgehead atoms. The molecule has 0 aliphatic heterocycles. The molecular weight excluding hydrogens is 302 g/mol. The molecule has 0 aromatic carbocycles. The number of hydrogen-bond acceptors (Lipinski definition) is 6. The lowest BCUT2D eigenvalue weighted by atomic mass is 10.3. The molecule has 0 radical (unpaired) electrons. The molecule has 23 heavy (non-hydrogen) atoms. The van der Waals surface area contributed by atoms with Crippen LogP contribution in [-0.2, 0) is 6.54 Å². The van der Waals surface area contributed by atoms with Gasteiger partial charge in [0.1, 0.15) is 5.82 Å².